The first-order chi connectivity index (χ1) is 11.4. The zero-order valence-electron chi connectivity index (χ0n) is 13.2. The van der Waals surface area contributed by atoms with Gasteiger partial charge in [-0.25, -0.2) is 4.39 Å². The number of rotatable bonds is 7. The van der Waals surface area contributed by atoms with Crippen LogP contribution in [0.1, 0.15) is 36.3 Å². The van der Waals surface area contributed by atoms with Crippen molar-refractivity contribution in [3.05, 3.63) is 70.0 Å². The Morgan fingerprint density at radius 1 is 1.25 bits per heavy atom. The minimum atomic E-state index is -0.657. The largest absolute Gasteiger partial charge is 0.370 e. The van der Waals surface area contributed by atoms with Gasteiger partial charge in [-0.05, 0) is 13.0 Å². The van der Waals surface area contributed by atoms with Gasteiger partial charge in [0.25, 0.3) is 0 Å². The number of amides is 1. The van der Waals surface area contributed by atoms with E-state index in [1.54, 1.807) is 37.3 Å². The van der Waals surface area contributed by atoms with E-state index in [0.29, 0.717) is 11.1 Å². The van der Waals surface area contributed by atoms with Crippen molar-refractivity contribution in [3.63, 3.8) is 0 Å². The first-order valence-electron chi connectivity index (χ1n) is 7.48. The average molecular weight is 351 g/mol. The Hall–Kier alpha value is -2.24. The molecule has 1 atom stereocenters. The molecule has 0 saturated carbocycles. The van der Waals surface area contributed by atoms with E-state index >= 15 is 0 Å². The number of carbonyl (C=O) groups excluding carboxylic acids is 2. The molecule has 0 saturated heterocycles. The summed E-state index contributed by atoms with van der Waals surface area (Å²) in [6, 6.07) is 11.2. The molecular formula is C18H20ClFN2O2. The van der Waals surface area contributed by atoms with Gasteiger partial charge in [0.1, 0.15) is 5.82 Å². The maximum atomic E-state index is 14.7. The number of benzene rings is 2. The van der Waals surface area contributed by atoms with Gasteiger partial charge in [-0.3, -0.25) is 9.59 Å². The van der Waals surface area contributed by atoms with Crippen LogP contribution < -0.4 is 11.1 Å². The third-order valence-corrected chi connectivity index (χ3v) is 3.90. The molecule has 2 rings (SSSR count). The summed E-state index contributed by atoms with van der Waals surface area (Å²) in [5.74, 6) is -1.56. The third-order valence-electron chi connectivity index (χ3n) is 3.58. The Morgan fingerprint density at radius 3 is 2.54 bits per heavy atom. The van der Waals surface area contributed by atoms with Crippen molar-refractivity contribution in [2.24, 2.45) is 5.73 Å². The van der Waals surface area contributed by atoms with Crippen molar-refractivity contribution in [3.8, 4) is 0 Å². The van der Waals surface area contributed by atoms with E-state index in [2.05, 4.69) is 5.32 Å². The van der Waals surface area contributed by atoms with Gasteiger partial charge >= 0.3 is 0 Å². The molecule has 24 heavy (non-hydrogen) atoms. The second kappa shape index (κ2) is 8.04. The van der Waals surface area contributed by atoms with Crippen molar-refractivity contribution in [2.75, 3.05) is 0 Å². The second-order valence-electron chi connectivity index (χ2n) is 5.54. The molecular weight excluding hydrogens is 331 g/mol. The Balaban J connectivity index is 0.00000312. The van der Waals surface area contributed by atoms with Crippen LogP contribution in [0.3, 0.4) is 0 Å². The maximum Gasteiger partial charge on any atom is 0.218 e. The minimum absolute atomic E-state index is 0. The van der Waals surface area contributed by atoms with Crippen LogP contribution in [-0.4, -0.2) is 17.7 Å². The zero-order chi connectivity index (χ0) is 17.7. The highest BCUT2D eigenvalue weighted by atomic mass is 35.5. The number of ketones is 1. The SMILES string of the molecule is C[C@@H](CC(N)=O)NCc1ccc(Cl)c(C(=O)c2ccccc2)c1F.[HH]. The summed E-state index contributed by atoms with van der Waals surface area (Å²) in [4.78, 5) is 23.4. The lowest BCUT2D eigenvalue weighted by atomic mass is 10.00. The van der Waals surface area contributed by atoms with Crippen LogP contribution >= 0.6 is 11.6 Å². The predicted octanol–water partition coefficient (Wildman–Crippen LogP) is 3.31. The Morgan fingerprint density at radius 2 is 1.92 bits per heavy atom. The van der Waals surface area contributed by atoms with Gasteiger partial charge in [0.15, 0.2) is 5.78 Å². The molecule has 0 fully saturated rings. The molecule has 128 valence electrons. The molecule has 3 N–H and O–H groups in total. The monoisotopic (exact) mass is 350 g/mol. The number of halogens is 2. The molecule has 2 aromatic rings. The van der Waals surface area contributed by atoms with Gasteiger partial charge in [-0.15, -0.1) is 0 Å². The summed E-state index contributed by atoms with van der Waals surface area (Å²) in [5.41, 5.74) is 5.64. The lowest BCUT2D eigenvalue weighted by molar-refractivity contribution is -0.118. The number of hydrogen-bond donors (Lipinski definition) is 2. The Bertz CT molecular complexity index is 756. The zero-order valence-corrected chi connectivity index (χ0v) is 13.9. The summed E-state index contributed by atoms with van der Waals surface area (Å²) in [6.45, 7) is 1.93. The molecule has 0 aromatic heterocycles. The van der Waals surface area contributed by atoms with Crippen LogP contribution in [0.4, 0.5) is 4.39 Å². The van der Waals surface area contributed by atoms with Crippen molar-refractivity contribution < 1.29 is 15.4 Å². The maximum absolute atomic E-state index is 14.7. The van der Waals surface area contributed by atoms with Crippen LogP contribution in [0.15, 0.2) is 42.5 Å². The standard InChI is InChI=1S/C18H18ClFN2O2.H2/c1-11(9-15(21)23)22-10-13-7-8-14(19)16(17(13)20)18(24)12-5-3-2-4-6-12;/h2-8,11,22H,9-10H2,1H3,(H2,21,23);1H/t11-;/m0./s1. The summed E-state index contributed by atoms with van der Waals surface area (Å²) in [7, 11) is 0. The van der Waals surface area contributed by atoms with Crippen molar-refractivity contribution in [1.82, 2.24) is 5.32 Å². The second-order valence-corrected chi connectivity index (χ2v) is 5.95. The van der Waals surface area contributed by atoms with E-state index < -0.39 is 17.5 Å². The molecule has 2 aromatic carbocycles. The Kier molecular flexibility index (Phi) is 6.06. The molecule has 6 heteroatoms. The molecule has 0 aliphatic carbocycles. The fourth-order valence-corrected chi connectivity index (χ4v) is 2.56. The average Bonchev–Trinajstić information content (AvgIpc) is 2.54. The number of carbonyl (C=O) groups is 2. The van der Waals surface area contributed by atoms with Gasteiger partial charge in [0.05, 0.1) is 10.6 Å². The minimum Gasteiger partial charge on any atom is -0.370 e. The van der Waals surface area contributed by atoms with Gasteiger partial charge in [-0.1, -0.05) is 48.0 Å². The number of primary amides is 1. The molecule has 0 radical (unpaired) electrons. The van der Waals surface area contributed by atoms with E-state index in [0.717, 1.165) is 0 Å². The number of hydrogen-bond acceptors (Lipinski definition) is 3. The van der Waals surface area contributed by atoms with Gasteiger partial charge in [-0.2, -0.15) is 0 Å². The van der Waals surface area contributed by atoms with E-state index in [4.69, 9.17) is 17.3 Å². The van der Waals surface area contributed by atoms with Crippen molar-refractivity contribution >= 4 is 23.3 Å². The molecule has 4 nitrogen and oxygen atoms in total. The molecule has 0 spiro atoms. The topological polar surface area (TPSA) is 72.2 Å². The van der Waals surface area contributed by atoms with Crippen LogP contribution in [-0.2, 0) is 11.3 Å². The molecule has 0 unspecified atom stereocenters. The predicted molar refractivity (Wildman–Crippen MR) is 93.5 cm³/mol. The van der Waals surface area contributed by atoms with Gasteiger partial charge in [0, 0.05) is 31.6 Å². The smallest absolute Gasteiger partial charge is 0.218 e. The summed E-state index contributed by atoms with van der Waals surface area (Å²) >= 11 is 6.04. The fraction of sp³-hybridized carbons (Fsp3) is 0.222. The first-order valence-corrected chi connectivity index (χ1v) is 7.86. The van der Waals surface area contributed by atoms with E-state index in [1.165, 1.54) is 12.1 Å². The highest BCUT2D eigenvalue weighted by Gasteiger charge is 2.20. The van der Waals surface area contributed by atoms with E-state index in [1.807, 2.05) is 0 Å². The van der Waals surface area contributed by atoms with Gasteiger partial charge in [0.2, 0.25) is 5.91 Å². The highest BCUT2D eigenvalue weighted by Crippen LogP contribution is 2.25. The number of nitrogens with one attached hydrogen (secondary N) is 1. The van der Waals surface area contributed by atoms with Crippen molar-refractivity contribution in [1.29, 1.82) is 0 Å². The first kappa shape index (κ1) is 18.1. The lowest BCUT2D eigenvalue weighted by Crippen LogP contribution is -2.31. The molecule has 0 bridgehead atoms. The van der Waals surface area contributed by atoms with E-state index in [-0.39, 0.29) is 31.0 Å². The lowest BCUT2D eigenvalue weighted by Gasteiger charge is -2.14. The molecule has 0 aliphatic rings. The summed E-state index contributed by atoms with van der Waals surface area (Å²) in [5, 5.41) is 3.07. The highest BCUT2D eigenvalue weighted by molar-refractivity contribution is 6.35. The molecule has 0 heterocycles. The van der Waals surface area contributed by atoms with Crippen molar-refractivity contribution in [2.45, 2.75) is 25.9 Å². The quantitative estimate of drug-likeness (QED) is 0.752. The van der Waals surface area contributed by atoms with E-state index in [9.17, 15) is 14.0 Å². The number of nitrogens with two attached hydrogens (primary N) is 1. The normalized spacial score (nSPS) is 12.0. The van der Waals surface area contributed by atoms with Crippen LogP contribution in [0.5, 0.6) is 0 Å². The van der Waals surface area contributed by atoms with Crippen LogP contribution in [0.25, 0.3) is 0 Å². The van der Waals surface area contributed by atoms with Gasteiger partial charge < -0.3 is 11.1 Å². The summed E-state index contributed by atoms with van der Waals surface area (Å²) < 4.78 is 14.7. The molecule has 1 amide bonds. The van der Waals surface area contributed by atoms with Crippen LogP contribution in [0.2, 0.25) is 5.02 Å². The third kappa shape index (κ3) is 4.40. The summed E-state index contributed by atoms with van der Waals surface area (Å²) in [6.07, 6.45) is 0.144. The molecule has 0 aliphatic heterocycles. The fourth-order valence-electron chi connectivity index (χ4n) is 2.33. The van der Waals surface area contributed by atoms with Crippen LogP contribution in [0, 0.1) is 5.82 Å². The Labute approximate surface area is 146 Å².